The van der Waals surface area contributed by atoms with E-state index in [4.69, 9.17) is 16.0 Å². The van der Waals surface area contributed by atoms with E-state index in [1.807, 2.05) is 13.8 Å². The maximum absolute atomic E-state index is 5.65. The van der Waals surface area contributed by atoms with Gasteiger partial charge >= 0.3 is 0 Å². The van der Waals surface area contributed by atoms with Crippen LogP contribution in [0.15, 0.2) is 16.5 Å². The Bertz CT molecular complexity index is 433. The van der Waals surface area contributed by atoms with Gasteiger partial charge in [-0.15, -0.1) is 0 Å². The Kier molecular flexibility index (Phi) is 2.29. The Balaban J connectivity index is 2.33. The molecule has 14 heavy (non-hydrogen) atoms. The summed E-state index contributed by atoms with van der Waals surface area (Å²) in [4.78, 5) is 4.27. The van der Waals surface area contributed by atoms with Crippen molar-refractivity contribution in [2.24, 2.45) is 0 Å². The van der Waals surface area contributed by atoms with Crippen LogP contribution in [0, 0.1) is 0 Å². The molecule has 0 spiro atoms. The molecule has 2 aromatic rings. The summed E-state index contributed by atoms with van der Waals surface area (Å²) in [5.41, 5.74) is 0. The summed E-state index contributed by atoms with van der Waals surface area (Å²) >= 11 is 5.65. The fraction of sp³-hybridized carbons (Fsp3) is 0.333. The van der Waals surface area contributed by atoms with Crippen molar-refractivity contribution >= 4 is 11.6 Å². The molecule has 0 fully saturated rings. The lowest BCUT2D eigenvalue weighted by Gasteiger charge is -1.94. The van der Waals surface area contributed by atoms with Gasteiger partial charge in [-0.3, -0.25) is 5.10 Å². The van der Waals surface area contributed by atoms with Crippen molar-refractivity contribution < 1.29 is 4.42 Å². The van der Waals surface area contributed by atoms with E-state index in [-0.39, 0.29) is 0 Å². The topological polar surface area (TPSA) is 54.7 Å². The molecule has 4 nitrogen and oxygen atoms in total. The standard InChI is InChI=1S/C9H10ClN3O/c1-5(2)8-11-9(13-12-8)6-3-4-7(10)14-6/h3-5H,1-2H3,(H,11,12,13). The van der Waals surface area contributed by atoms with Gasteiger partial charge in [-0.05, 0) is 23.7 Å². The van der Waals surface area contributed by atoms with Crippen LogP contribution in [0.2, 0.25) is 5.22 Å². The molecule has 0 aliphatic rings. The minimum Gasteiger partial charge on any atom is -0.441 e. The van der Waals surface area contributed by atoms with Gasteiger partial charge in [0.15, 0.2) is 11.0 Å². The van der Waals surface area contributed by atoms with Crippen molar-refractivity contribution in [1.29, 1.82) is 0 Å². The van der Waals surface area contributed by atoms with Crippen LogP contribution in [-0.4, -0.2) is 15.2 Å². The van der Waals surface area contributed by atoms with Gasteiger partial charge in [-0.25, -0.2) is 4.98 Å². The van der Waals surface area contributed by atoms with E-state index < -0.39 is 0 Å². The third-order valence-electron chi connectivity index (χ3n) is 1.84. The van der Waals surface area contributed by atoms with Crippen molar-refractivity contribution in [2.75, 3.05) is 0 Å². The summed E-state index contributed by atoms with van der Waals surface area (Å²) in [6.07, 6.45) is 0. The number of nitrogens with one attached hydrogen (secondary N) is 1. The van der Waals surface area contributed by atoms with Gasteiger partial charge in [0, 0.05) is 5.92 Å². The van der Waals surface area contributed by atoms with Gasteiger partial charge in [-0.1, -0.05) is 13.8 Å². The quantitative estimate of drug-likeness (QED) is 0.831. The molecule has 74 valence electrons. The number of nitrogens with zero attached hydrogens (tertiary/aromatic N) is 2. The number of hydrogen-bond acceptors (Lipinski definition) is 3. The average Bonchev–Trinajstić information content (AvgIpc) is 2.70. The van der Waals surface area contributed by atoms with Crippen LogP contribution in [0.25, 0.3) is 11.6 Å². The summed E-state index contributed by atoms with van der Waals surface area (Å²) in [7, 11) is 0. The number of hydrogen-bond donors (Lipinski definition) is 1. The van der Waals surface area contributed by atoms with Gasteiger partial charge in [0.2, 0.25) is 5.82 Å². The molecular weight excluding hydrogens is 202 g/mol. The first-order valence-electron chi connectivity index (χ1n) is 4.35. The molecule has 0 bridgehead atoms. The molecule has 0 unspecified atom stereocenters. The second kappa shape index (κ2) is 3.46. The molecule has 0 aliphatic carbocycles. The van der Waals surface area contributed by atoms with Gasteiger partial charge in [-0.2, -0.15) is 5.10 Å². The monoisotopic (exact) mass is 211 g/mol. The van der Waals surface area contributed by atoms with Crippen LogP contribution in [-0.2, 0) is 0 Å². The van der Waals surface area contributed by atoms with Crippen LogP contribution in [0.5, 0.6) is 0 Å². The highest BCUT2D eigenvalue weighted by Gasteiger charge is 2.11. The summed E-state index contributed by atoms with van der Waals surface area (Å²) in [5, 5.41) is 7.22. The fourth-order valence-electron chi connectivity index (χ4n) is 1.08. The zero-order valence-electron chi connectivity index (χ0n) is 7.91. The van der Waals surface area contributed by atoms with Crippen molar-refractivity contribution in [3.8, 4) is 11.6 Å². The Labute approximate surface area is 86.3 Å². The largest absolute Gasteiger partial charge is 0.441 e. The smallest absolute Gasteiger partial charge is 0.217 e. The number of rotatable bonds is 2. The van der Waals surface area contributed by atoms with Gasteiger partial charge in [0.1, 0.15) is 5.82 Å². The molecule has 1 N–H and O–H groups in total. The molecule has 0 saturated carbocycles. The van der Waals surface area contributed by atoms with Crippen LogP contribution < -0.4 is 0 Å². The van der Waals surface area contributed by atoms with E-state index in [1.165, 1.54) is 0 Å². The first kappa shape index (κ1) is 9.27. The van der Waals surface area contributed by atoms with E-state index in [0.717, 1.165) is 5.82 Å². The van der Waals surface area contributed by atoms with E-state index >= 15 is 0 Å². The number of H-pyrrole nitrogens is 1. The summed E-state index contributed by atoms with van der Waals surface area (Å²) in [6, 6.07) is 3.41. The van der Waals surface area contributed by atoms with E-state index in [0.29, 0.717) is 22.7 Å². The molecule has 2 aromatic heterocycles. The minimum atomic E-state index is 0.321. The summed E-state index contributed by atoms with van der Waals surface area (Å²) in [5.74, 6) is 2.29. The lowest BCUT2D eigenvalue weighted by Crippen LogP contribution is -1.89. The normalized spacial score (nSPS) is 11.1. The number of aromatic amines is 1. The summed E-state index contributed by atoms with van der Waals surface area (Å²) < 4.78 is 5.18. The molecule has 2 rings (SSSR count). The number of aromatic nitrogens is 3. The third-order valence-corrected chi connectivity index (χ3v) is 2.05. The molecule has 0 saturated heterocycles. The lowest BCUT2D eigenvalue weighted by atomic mass is 10.2. The minimum absolute atomic E-state index is 0.321. The molecule has 0 amide bonds. The molecule has 0 aromatic carbocycles. The zero-order chi connectivity index (χ0) is 10.1. The second-order valence-corrected chi connectivity index (χ2v) is 3.68. The van der Waals surface area contributed by atoms with Crippen LogP contribution >= 0.6 is 11.6 Å². The van der Waals surface area contributed by atoms with Crippen molar-refractivity contribution in [1.82, 2.24) is 15.2 Å². The highest BCUT2D eigenvalue weighted by Crippen LogP contribution is 2.22. The zero-order valence-corrected chi connectivity index (χ0v) is 8.67. The Hall–Kier alpha value is -1.29. The Morgan fingerprint density at radius 2 is 2.21 bits per heavy atom. The Morgan fingerprint density at radius 1 is 1.43 bits per heavy atom. The molecule has 0 aliphatic heterocycles. The van der Waals surface area contributed by atoms with Crippen LogP contribution in [0.4, 0.5) is 0 Å². The van der Waals surface area contributed by atoms with Crippen LogP contribution in [0.1, 0.15) is 25.6 Å². The average molecular weight is 212 g/mol. The number of halogens is 1. The molecule has 0 atom stereocenters. The molecule has 5 heteroatoms. The molecule has 0 radical (unpaired) electrons. The van der Waals surface area contributed by atoms with Gasteiger partial charge in [0.25, 0.3) is 0 Å². The lowest BCUT2D eigenvalue weighted by molar-refractivity contribution is 0.579. The fourth-order valence-corrected chi connectivity index (χ4v) is 1.22. The SMILES string of the molecule is CC(C)c1nc(-c2ccc(Cl)o2)n[nH]1. The Morgan fingerprint density at radius 3 is 2.71 bits per heavy atom. The maximum Gasteiger partial charge on any atom is 0.217 e. The highest BCUT2D eigenvalue weighted by molar-refractivity contribution is 6.28. The van der Waals surface area contributed by atoms with E-state index in [1.54, 1.807) is 12.1 Å². The van der Waals surface area contributed by atoms with Crippen molar-refractivity contribution in [3.63, 3.8) is 0 Å². The van der Waals surface area contributed by atoms with Gasteiger partial charge < -0.3 is 4.42 Å². The first-order chi connectivity index (χ1) is 6.66. The number of furan rings is 1. The second-order valence-electron chi connectivity index (χ2n) is 3.30. The maximum atomic E-state index is 5.65. The van der Waals surface area contributed by atoms with Crippen molar-refractivity contribution in [2.45, 2.75) is 19.8 Å². The highest BCUT2D eigenvalue weighted by atomic mass is 35.5. The predicted molar refractivity (Wildman–Crippen MR) is 53.2 cm³/mol. The first-order valence-corrected chi connectivity index (χ1v) is 4.72. The molecular formula is C9H10ClN3O. The predicted octanol–water partition coefficient (Wildman–Crippen LogP) is 2.84. The van der Waals surface area contributed by atoms with Crippen molar-refractivity contribution in [3.05, 3.63) is 23.2 Å². The third kappa shape index (κ3) is 1.65. The molecule has 2 heterocycles. The van der Waals surface area contributed by atoms with E-state index in [9.17, 15) is 0 Å². The van der Waals surface area contributed by atoms with Crippen LogP contribution in [0.3, 0.4) is 0 Å². The van der Waals surface area contributed by atoms with Gasteiger partial charge in [0.05, 0.1) is 0 Å². The summed E-state index contributed by atoms with van der Waals surface area (Å²) in [6.45, 7) is 4.08. The van der Waals surface area contributed by atoms with E-state index in [2.05, 4.69) is 15.2 Å².